The topological polar surface area (TPSA) is 116 Å². The molecule has 0 aromatic heterocycles. The maximum absolute atomic E-state index is 10.8. The average molecular weight is 332 g/mol. The van der Waals surface area contributed by atoms with Gasteiger partial charge in [0.05, 0.1) is 17.6 Å². The molecule has 1 aliphatic rings. The monoisotopic (exact) mass is 332 g/mol. The summed E-state index contributed by atoms with van der Waals surface area (Å²) < 4.78 is 11.2. The Hall–Kier alpha value is -0.990. The number of carboxylic acid groups (broad SMARTS) is 1. The second kappa shape index (κ2) is 8.21. The van der Waals surface area contributed by atoms with Gasteiger partial charge in [0.1, 0.15) is 18.3 Å². The van der Waals surface area contributed by atoms with Crippen molar-refractivity contribution in [1.29, 1.82) is 0 Å². The van der Waals surface area contributed by atoms with Crippen LogP contribution in [0.15, 0.2) is 12.7 Å². The van der Waals surface area contributed by atoms with Crippen LogP contribution >= 0.6 is 0 Å². The Bertz CT molecular complexity index is 413. The first-order chi connectivity index (χ1) is 10.6. The maximum atomic E-state index is 10.8. The molecule has 4 N–H and O–H groups in total. The highest BCUT2D eigenvalue weighted by Crippen LogP contribution is 2.29. The van der Waals surface area contributed by atoms with E-state index in [1.54, 1.807) is 26.8 Å². The van der Waals surface area contributed by atoms with Crippen LogP contribution < -0.4 is 0 Å². The quantitative estimate of drug-likeness (QED) is 0.483. The Balaban J connectivity index is 2.63. The molecular weight excluding hydrogens is 304 g/mol. The number of aliphatic hydroxyl groups is 3. The molecule has 7 heteroatoms. The van der Waals surface area contributed by atoms with Gasteiger partial charge in [0.2, 0.25) is 0 Å². The van der Waals surface area contributed by atoms with E-state index in [1.165, 1.54) is 0 Å². The Labute approximate surface area is 136 Å². The minimum atomic E-state index is -1.38. The first-order valence-corrected chi connectivity index (χ1v) is 7.85. The molecule has 0 aliphatic carbocycles. The second-order valence-electron chi connectivity index (χ2n) is 6.45. The lowest BCUT2D eigenvalue weighted by molar-refractivity contribution is -0.313. The van der Waals surface area contributed by atoms with Gasteiger partial charge in [-0.3, -0.25) is 4.79 Å². The van der Waals surface area contributed by atoms with Crippen molar-refractivity contribution in [2.75, 3.05) is 0 Å². The molecule has 0 saturated carbocycles. The van der Waals surface area contributed by atoms with Gasteiger partial charge in [-0.25, -0.2) is 0 Å². The standard InChI is InChI=1S/C16H28O7/c1-5-16(4,8-6-7-9(2)14(20)21)23-15-13(19)12(18)11(17)10(3)22-15/h5,9-13,15,17-19H,1,6-8H2,2-4H3,(H,20,21)/t9?,10-,11-,12+,13-,15+,16+/m1/s1. The summed E-state index contributed by atoms with van der Waals surface area (Å²) in [4.78, 5) is 10.8. The lowest BCUT2D eigenvalue weighted by Crippen LogP contribution is -2.58. The minimum absolute atomic E-state index is 0.447. The van der Waals surface area contributed by atoms with Crippen molar-refractivity contribution in [3.63, 3.8) is 0 Å². The number of rotatable bonds is 8. The molecule has 0 spiro atoms. The summed E-state index contributed by atoms with van der Waals surface area (Å²) in [5, 5.41) is 38.4. The first kappa shape index (κ1) is 20.1. The van der Waals surface area contributed by atoms with Gasteiger partial charge in [-0.15, -0.1) is 6.58 Å². The number of ether oxygens (including phenoxy) is 2. The number of aliphatic hydroxyl groups excluding tert-OH is 3. The third kappa shape index (κ3) is 5.26. The van der Waals surface area contributed by atoms with Crippen LogP contribution in [0.25, 0.3) is 0 Å². The molecule has 0 bridgehead atoms. The highest BCUT2D eigenvalue weighted by molar-refractivity contribution is 5.69. The molecule has 134 valence electrons. The Morgan fingerprint density at radius 1 is 1.35 bits per heavy atom. The van der Waals surface area contributed by atoms with Gasteiger partial charge in [-0.05, 0) is 33.1 Å². The zero-order chi connectivity index (χ0) is 17.8. The number of hydrogen-bond donors (Lipinski definition) is 4. The number of carbonyl (C=O) groups is 1. The molecule has 0 aromatic carbocycles. The summed E-state index contributed by atoms with van der Waals surface area (Å²) in [7, 11) is 0. The SMILES string of the molecule is C=C[C@@](C)(CCCC(C)C(=O)O)O[C@@H]1O[C@H](C)[C@@H](O)[C@H](O)[C@H]1O. The van der Waals surface area contributed by atoms with Gasteiger partial charge in [0, 0.05) is 0 Å². The summed E-state index contributed by atoms with van der Waals surface area (Å²) in [5.74, 6) is -1.29. The molecule has 0 aromatic rings. The lowest BCUT2D eigenvalue weighted by Gasteiger charge is -2.42. The zero-order valence-electron chi connectivity index (χ0n) is 13.9. The van der Waals surface area contributed by atoms with Crippen LogP contribution in [0.2, 0.25) is 0 Å². The predicted octanol–water partition coefficient (Wildman–Crippen LogP) is 0.666. The maximum Gasteiger partial charge on any atom is 0.306 e. The Kier molecular flexibility index (Phi) is 7.16. The summed E-state index contributed by atoms with van der Waals surface area (Å²) in [6.45, 7) is 8.69. The fourth-order valence-corrected chi connectivity index (χ4v) is 2.47. The van der Waals surface area contributed by atoms with Crippen molar-refractivity contribution in [1.82, 2.24) is 0 Å². The molecule has 1 saturated heterocycles. The van der Waals surface area contributed by atoms with Crippen molar-refractivity contribution in [3.8, 4) is 0 Å². The van der Waals surface area contributed by atoms with Gasteiger partial charge in [-0.2, -0.15) is 0 Å². The number of hydrogen-bond acceptors (Lipinski definition) is 6. The molecule has 1 heterocycles. The largest absolute Gasteiger partial charge is 0.481 e. The summed E-state index contributed by atoms with van der Waals surface area (Å²) in [6, 6.07) is 0. The van der Waals surface area contributed by atoms with Gasteiger partial charge in [0.15, 0.2) is 6.29 Å². The normalized spacial score (nSPS) is 35.3. The fourth-order valence-electron chi connectivity index (χ4n) is 2.47. The molecule has 1 rings (SSSR count). The number of carboxylic acids is 1. The molecule has 0 radical (unpaired) electrons. The molecular formula is C16H28O7. The molecule has 1 fully saturated rings. The highest BCUT2D eigenvalue weighted by atomic mass is 16.7. The molecule has 1 aliphatic heterocycles. The predicted molar refractivity (Wildman–Crippen MR) is 82.7 cm³/mol. The van der Waals surface area contributed by atoms with E-state index in [0.29, 0.717) is 19.3 Å². The number of aliphatic carboxylic acids is 1. The minimum Gasteiger partial charge on any atom is -0.481 e. The summed E-state index contributed by atoms with van der Waals surface area (Å²) in [5.41, 5.74) is -0.842. The van der Waals surface area contributed by atoms with E-state index >= 15 is 0 Å². The van der Waals surface area contributed by atoms with E-state index in [9.17, 15) is 20.1 Å². The van der Waals surface area contributed by atoms with E-state index in [0.717, 1.165) is 0 Å². The molecule has 7 atom stereocenters. The third-order valence-electron chi connectivity index (χ3n) is 4.36. The van der Waals surface area contributed by atoms with Crippen LogP contribution in [0, 0.1) is 5.92 Å². The Morgan fingerprint density at radius 2 is 1.96 bits per heavy atom. The molecule has 1 unspecified atom stereocenters. The van der Waals surface area contributed by atoms with Gasteiger partial charge >= 0.3 is 5.97 Å². The van der Waals surface area contributed by atoms with Crippen LogP contribution in [0.3, 0.4) is 0 Å². The summed E-state index contributed by atoms with van der Waals surface area (Å²) >= 11 is 0. The van der Waals surface area contributed by atoms with Crippen LogP contribution in [0.4, 0.5) is 0 Å². The van der Waals surface area contributed by atoms with Crippen molar-refractivity contribution < 1.29 is 34.7 Å². The molecule has 7 nitrogen and oxygen atoms in total. The van der Waals surface area contributed by atoms with Crippen molar-refractivity contribution in [2.45, 2.75) is 76.3 Å². The zero-order valence-corrected chi connectivity index (χ0v) is 13.9. The van der Waals surface area contributed by atoms with E-state index in [-0.39, 0.29) is 0 Å². The van der Waals surface area contributed by atoms with Crippen LogP contribution in [0.1, 0.15) is 40.0 Å². The van der Waals surface area contributed by atoms with Crippen molar-refractivity contribution in [2.24, 2.45) is 5.92 Å². The average Bonchev–Trinajstić information content (AvgIpc) is 2.50. The van der Waals surface area contributed by atoms with Crippen molar-refractivity contribution >= 4 is 5.97 Å². The van der Waals surface area contributed by atoms with E-state index in [1.807, 2.05) is 0 Å². The highest BCUT2D eigenvalue weighted by Gasteiger charge is 2.44. The summed E-state index contributed by atoms with van der Waals surface area (Å²) in [6.07, 6.45) is -2.54. The third-order valence-corrected chi connectivity index (χ3v) is 4.36. The van der Waals surface area contributed by atoms with Gasteiger partial charge in [0.25, 0.3) is 0 Å². The molecule has 23 heavy (non-hydrogen) atoms. The Morgan fingerprint density at radius 3 is 2.48 bits per heavy atom. The van der Waals surface area contributed by atoms with Crippen LogP contribution in [-0.4, -0.2) is 62.7 Å². The van der Waals surface area contributed by atoms with Crippen LogP contribution in [0.5, 0.6) is 0 Å². The van der Waals surface area contributed by atoms with E-state index in [2.05, 4.69) is 6.58 Å². The second-order valence-corrected chi connectivity index (χ2v) is 6.45. The smallest absolute Gasteiger partial charge is 0.306 e. The van der Waals surface area contributed by atoms with E-state index in [4.69, 9.17) is 14.6 Å². The lowest BCUT2D eigenvalue weighted by atomic mass is 9.94. The van der Waals surface area contributed by atoms with Crippen molar-refractivity contribution in [3.05, 3.63) is 12.7 Å². The van der Waals surface area contributed by atoms with Gasteiger partial charge < -0.3 is 29.9 Å². The van der Waals surface area contributed by atoms with E-state index < -0.39 is 48.2 Å². The van der Waals surface area contributed by atoms with Gasteiger partial charge in [-0.1, -0.05) is 13.0 Å². The first-order valence-electron chi connectivity index (χ1n) is 7.85. The van der Waals surface area contributed by atoms with Crippen LogP contribution in [-0.2, 0) is 14.3 Å². The fraction of sp³-hybridized carbons (Fsp3) is 0.812. The molecule has 0 amide bonds.